The Bertz CT molecular complexity index is 418. The normalized spacial score (nSPS) is 28.3. The van der Waals surface area contributed by atoms with Gasteiger partial charge in [-0.05, 0) is 26.0 Å². The fourth-order valence-corrected chi connectivity index (χ4v) is 2.70. The monoisotopic (exact) mass is 254 g/mol. The molecule has 5 heteroatoms. The molecule has 0 spiro atoms. The Labute approximate surface area is 105 Å². The number of ether oxygens (including phenoxy) is 1. The topological polar surface area (TPSA) is 64.3 Å². The Balaban J connectivity index is 1.93. The van der Waals surface area contributed by atoms with Crippen LogP contribution in [0.3, 0.4) is 0 Å². The Kier molecular flexibility index (Phi) is 3.51. The van der Waals surface area contributed by atoms with Crippen LogP contribution in [0.2, 0.25) is 0 Å². The van der Waals surface area contributed by atoms with Gasteiger partial charge in [-0.15, -0.1) is 11.3 Å². The zero-order valence-corrected chi connectivity index (χ0v) is 11.0. The molecular weight excluding hydrogens is 236 g/mol. The molecule has 94 valence electrons. The Morgan fingerprint density at radius 2 is 2.47 bits per heavy atom. The summed E-state index contributed by atoms with van der Waals surface area (Å²) >= 11 is 1.69. The number of hydrogen-bond acceptors (Lipinski definition) is 4. The molecular formula is C12H18N2O2S. The van der Waals surface area contributed by atoms with Gasteiger partial charge in [-0.25, -0.2) is 0 Å². The summed E-state index contributed by atoms with van der Waals surface area (Å²) in [4.78, 5) is 14.5. The van der Waals surface area contributed by atoms with E-state index >= 15 is 0 Å². The van der Waals surface area contributed by atoms with Gasteiger partial charge in [-0.1, -0.05) is 0 Å². The number of rotatable bonds is 3. The standard InChI is InChI=1S/C12H18N2O2S/c1-8-3-4-9(17-8)5-14-11(15)12(2)7-16-6-10(12)13/h3-4,10H,5-7,13H2,1-2H3,(H,14,15). The second-order valence-electron chi connectivity index (χ2n) is 4.73. The van der Waals surface area contributed by atoms with Crippen LogP contribution in [0.5, 0.6) is 0 Å². The lowest BCUT2D eigenvalue weighted by molar-refractivity contribution is -0.130. The first kappa shape index (κ1) is 12.5. The minimum absolute atomic E-state index is 0.0199. The highest BCUT2D eigenvalue weighted by Crippen LogP contribution is 2.27. The molecule has 1 saturated heterocycles. The summed E-state index contributed by atoms with van der Waals surface area (Å²) in [6.07, 6.45) is 0. The van der Waals surface area contributed by atoms with Gasteiger partial charge in [0.05, 0.1) is 25.2 Å². The van der Waals surface area contributed by atoms with Crippen molar-refractivity contribution in [1.29, 1.82) is 0 Å². The fourth-order valence-electron chi connectivity index (χ4n) is 1.87. The van der Waals surface area contributed by atoms with Gasteiger partial charge in [-0.3, -0.25) is 4.79 Å². The van der Waals surface area contributed by atoms with Crippen molar-refractivity contribution in [1.82, 2.24) is 5.32 Å². The van der Waals surface area contributed by atoms with Crippen molar-refractivity contribution in [2.24, 2.45) is 11.1 Å². The zero-order chi connectivity index (χ0) is 12.5. The number of nitrogens with one attached hydrogen (secondary N) is 1. The smallest absolute Gasteiger partial charge is 0.230 e. The molecule has 17 heavy (non-hydrogen) atoms. The van der Waals surface area contributed by atoms with Crippen molar-refractivity contribution in [3.8, 4) is 0 Å². The second-order valence-corrected chi connectivity index (χ2v) is 6.11. The van der Waals surface area contributed by atoms with Gasteiger partial charge in [-0.2, -0.15) is 0 Å². The van der Waals surface area contributed by atoms with Crippen LogP contribution in [0.25, 0.3) is 0 Å². The van der Waals surface area contributed by atoms with E-state index in [4.69, 9.17) is 10.5 Å². The lowest BCUT2D eigenvalue weighted by Crippen LogP contribution is -2.49. The van der Waals surface area contributed by atoms with Crippen LogP contribution >= 0.6 is 11.3 Å². The number of thiophene rings is 1. The number of nitrogens with two attached hydrogens (primary N) is 1. The number of amides is 1. The summed E-state index contributed by atoms with van der Waals surface area (Å²) in [6, 6.07) is 3.87. The third kappa shape index (κ3) is 2.51. The molecule has 1 aliphatic rings. The summed E-state index contributed by atoms with van der Waals surface area (Å²) in [5.74, 6) is -0.0199. The highest BCUT2D eigenvalue weighted by molar-refractivity contribution is 7.11. The molecule has 0 aromatic carbocycles. The van der Waals surface area contributed by atoms with Crippen molar-refractivity contribution >= 4 is 17.2 Å². The van der Waals surface area contributed by atoms with Gasteiger partial charge in [0.15, 0.2) is 0 Å². The van der Waals surface area contributed by atoms with E-state index in [0.29, 0.717) is 19.8 Å². The van der Waals surface area contributed by atoms with Crippen LogP contribution in [0, 0.1) is 12.3 Å². The van der Waals surface area contributed by atoms with Crippen LogP contribution in [-0.2, 0) is 16.1 Å². The Morgan fingerprint density at radius 3 is 3.00 bits per heavy atom. The molecule has 2 unspecified atom stereocenters. The largest absolute Gasteiger partial charge is 0.379 e. The molecule has 1 aromatic heterocycles. The fraction of sp³-hybridized carbons (Fsp3) is 0.583. The van der Waals surface area contributed by atoms with Gasteiger partial charge in [0.25, 0.3) is 0 Å². The summed E-state index contributed by atoms with van der Waals surface area (Å²) in [6.45, 7) is 5.35. The van der Waals surface area contributed by atoms with E-state index in [1.165, 1.54) is 4.88 Å². The van der Waals surface area contributed by atoms with Crippen molar-refractivity contribution < 1.29 is 9.53 Å². The third-order valence-corrected chi connectivity index (χ3v) is 4.26. The molecule has 0 radical (unpaired) electrons. The molecule has 0 aliphatic carbocycles. The highest BCUT2D eigenvalue weighted by atomic mass is 32.1. The molecule has 1 aromatic rings. The van der Waals surface area contributed by atoms with Gasteiger partial charge >= 0.3 is 0 Å². The summed E-state index contributed by atoms with van der Waals surface area (Å²) in [5, 5.41) is 2.94. The van der Waals surface area contributed by atoms with E-state index in [9.17, 15) is 4.79 Å². The first-order chi connectivity index (χ1) is 8.02. The van der Waals surface area contributed by atoms with Crippen LogP contribution in [0.4, 0.5) is 0 Å². The Morgan fingerprint density at radius 1 is 1.71 bits per heavy atom. The molecule has 1 amide bonds. The molecule has 2 rings (SSSR count). The van der Waals surface area contributed by atoms with Gasteiger partial charge in [0, 0.05) is 15.8 Å². The number of carbonyl (C=O) groups is 1. The van der Waals surface area contributed by atoms with Crippen LogP contribution in [0.1, 0.15) is 16.7 Å². The number of aryl methyl sites for hydroxylation is 1. The molecule has 2 heterocycles. The number of carbonyl (C=O) groups excluding carboxylic acids is 1. The maximum atomic E-state index is 12.1. The first-order valence-electron chi connectivity index (χ1n) is 5.69. The Hall–Kier alpha value is -0.910. The second kappa shape index (κ2) is 4.76. The SMILES string of the molecule is Cc1ccc(CNC(=O)C2(C)COCC2N)s1. The average molecular weight is 254 g/mol. The van der Waals surface area contributed by atoms with E-state index in [-0.39, 0.29) is 11.9 Å². The molecule has 4 nitrogen and oxygen atoms in total. The average Bonchev–Trinajstić information content (AvgIpc) is 2.84. The lowest BCUT2D eigenvalue weighted by atomic mass is 9.85. The predicted octanol–water partition coefficient (Wildman–Crippen LogP) is 1.04. The zero-order valence-electron chi connectivity index (χ0n) is 10.2. The van der Waals surface area contributed by atoms with Crippen molar-refractivity contribution in [3.63, 3.8) is 0 Å². The molecule has 0 bridgehead atoms. The van der Waals surface area contributed by atoms with E-state index in [0.717, 1.165) is 4.88 Å². The summed E-state index contributed by atoms with van der Waals surface area (Å²) < 4.78 is 5.27. The first-order valence-corrected chi connectivity index (χ1v) is 6.51. The summed E-state index contributed by atoms with van der Waals surface area (Å²) in [7, 11) is 0. The van der Waals surface area contributed by atoms with Gasteiger partial charge < -0.3 is 15.8 Å². The lowest BCUT2D eigenvalue weighted by Gasteiger charge is -2.25. The van der Waals surface area contributed by atoms with E-state index in [1.54, 1.807) is 11.3 Å². The van der Waals surface area contributed by atoms with Crippen molar-refractivity contribution in [2.75, 3.05) is 13.2 Å². The van der Waals surface area contributed by atoms with E-state index in [2.05, 4.69) is 18.3 Å². The van der Waals surface area contributed by atoms with Crippen molar-refractivity contribution in [3.05, 3.63) is 21.9 Å². The van der Waals surface area contributed by atoms with Crippen LogP contribution < -0.4 is 11.1 Å². The minimum Gasteiger partial charge on any atom is -0.379 e. The van der Waals surface area contributed by atoms with Gasteiger partial charge in [0.2, 0.25) is 5.91 Å². The van der Waals surface area contributed by atoms with Crippen LogP contribution in [-0.4, -0.2) is 25.2 Å². The van der Waals surface area contributed by atoms with E-state index < -0.39 is 5.41 Å². The molecule has 2 atom stereocenters. The molecule has 3 N–H and O–H groups in total. The molecule has 1 fully saturated rings. The van der Waals surface area contributed by atoms with E-state index in [1.807, 2.05) is 13.0 Å². The quantitative estimate of drug-likeness (QED) is 0.847. The van der Waals surface area contributed by atoms with Crippen molar-refractivity contribution in [2.45, 2.75) is 26.4 Å². The minimum atomic E-state index is -0.591. The maximum Gasteiger partial charge on any atom is 0.230 e. The molecule has 1 aliphatic heterocycles. The maximum absolute atomic E-state index is 12.1. The predicted molar refractivity (Wildman–Crippen MR) is 67.8 cm³/mol. The number of hydrogen-bond donors (Lipinski definition) is 2. The van der Waals surface area contributed by atoms with Crippen LogP contribution in [0.15, 0.2) is 12.1 Å². The third-order valence-electron chi connectivity index (χ3n) is 3.26. The van der Waals surface area contributed by atoms with Gasteiger partial charge in [0.1, 0.15) is 0 Å². The summed E-state index contributed by atoms with van der Waals surface area (Å²) in [5.41, 5.74) is 5.31. The highest BCUT2D eigenvalue weighted by Gasteiger charge is 2.44. The molecule has 0 saturated carbocycles.